The van der Waals surface area contributed by atoms with Crippen molar-refractivity contribution in [1.29, 1.82) is 0 Å². The Kier molecular flexibility index (Phi) is 3.90. The molecule has 0 spiro atoms. The van der Waals surface area contributed by atoms with Crippen molar-refractivity contribution in [3.63, 3.8) is 0 Å². The van der Waals surface area contributed by atoms with Gasteiger partial charge in [-0.1, -0.05) is 5.16 Å². The highest BCUT2D eigenvalue weighted by Crippen LogP contribution is 2.17. The molecule has 0 aliphatic carbocycles. The zero-order valence-electron chi connectivity index (χ0n) is 9.90. The van der Waals surface area contributed by atoms with Crippen molar-refractivity contribution in [2.24, 2.45) is 5.92 Å². The number of nitrogens with zero attached hydrogens (tertiary/aromatic N) is 2. The van der Waals surface area contributed by atoms with Crippen molar-refractivity contribution in [2.75, 3.05) is 20.2 Å². The van der Waals surface area contributed by atoms with Gasteiger partial charge in [-0.25, -0.2) is 0 Å². The van der Waals surface area contributed by atoms with Crippen LogP contribution in [0.5, 0.6) is 0 Å². The molecule has 0 bridgehead atoms. The summed E-state index contributed by atoms with van der Waals surface area (Å²) in [6.45, 7) is 4.10. The summed E-state index contributed by atoms with van der Waals surface area (Å²) >= 11 is 0. The molecule has 1 aliphatic rings. The number of methoxy groups -OCH3 is 1. The van der Waals surface area contributed by atoms with Crippen LogP contribution in [-0.2, 0) is 11.2 Å². The van der Waals surface area contributed by atoms with Crippen molar-refractivity contribution in [3.05, 3.63) is 11.7 Å². The highest BCUT2D eigenvalue weighted by Gasteiger charge is 2.18. The van der Waals surface area contributed by atoms with E-state index in [1.165, 1.54) is 12.8 Å². The highest BCUT2D eigenvalue weighted by molar-refractivity contribution is 4.91. The molecule has 2 heterocycles. The SMILES string of the molecule is COC(C)c1nc(CC2CCCNC2)no1. The van der Waals surface area contributed by atoms with E-state index in [-0.39, 0.29) is 6.10 Å². The third kappa shape index (κ3) is 2.80. The predicted molar refractivity (Wildman–Crippen MR) is 59.0 cm³/mol. The fraction of sp³-hybridized carbons (Fsp3) is 0.818. The van der Waals surface area contributed by atoms with Crippen LogP contribution in [0.4, 0.5) is 0 Å². The Balaban J connectivity index is 1.91. The van der Waals surface area contributed by atoms with Gasteiger partial charge in [0.15, 0.2) is 5.82 Å². The average Bonchev–Trinajstić information content (AvgIpc) is 2.78. The molecule has 5 heteroatoms. The summed E-state index contributed by atoms with van der Waals surface area (Å²) in [5.74, 6) is 2.01. The first-order valence-electron chi connectivity index (χ1n) is 5.85. The van der Waals surface area contributed by atoms with Crippen molar-refractivity contribution < 1.29 is 9.26 Å². The Morgan fingerprint density at radius 2 is 2.50 bits per heavy atom. The molecule has 0 aromatic carbocycles. The Labute approximate surface area is 95.6 Å². The van der Waals surface area contributed by atoms with Crippen LogP contribution in [0, 0.1) is 5.92 Å². The van der Waals surface area contributed by atoms with E-state index in [4.69, 9.17) is 9.26 Å². The molecule has 1 N–H and O–H groups in total. The molecule has 1 aromatic rings. The van der Waals surface area contributed by atoms with E-state index in [1.807, 2.05) is 6.92 Å². The average molecular weight is 225 g/mol. The minimum absolute atomic E-state index is 0.120. The number of hydrogen-bond acceptors (Lipinski definition) is 5. The van der Waals surface area contributed by atoms with E-state index in [2.05, 4.69) is 15.5 Å². The second kappa shape index (κ2) is 5.41. The monoisotopic (exact) mass is 225 g/mol. The minimum atomic E-state index is -0.120. The van der Waals surface area contributed by atoms with Gasteiger partial charge in [-0.3, -0.25) is 0 Å². The van der Waals surface area contributed by atoms with Crippen LogP contribution in [0.25, 0.3) is 0 Å². The molecule has 1 fully saturated rings. The van der Waals surface area contributed by atoms with E-state index in [0.717, 1.165) is 25.3 Å². The summed E-state index contributed by atoms with van der Waals surface area (Å²) in [6, 6.07) is 0. The molecule has 2 unspecified atom stereocenters. The lowest BCUT2D eigenvalue weighted by atomic mass is 9.96. The molecule has 1 saturated heterocycles. The van der Waals surface area contributed by atoms with Gasteiger partial charge in [-0.15, -0.1) is 0 Å². The molecule has 5 nitrogen and oxygen atoms in total. The summed E-state index contributed by atoms with van der Waals surface area (Å²) in [5, 5.41) is 7.37. The van der Waals surface area contributed by atoms with Gasteiger partial charge in [-0.05, 0) is 38.8 Å². The maximum Gasteiger partial charge on any atom is 0.255 e. The fourth-order valence-corrected chi connectivity index (χ4v) is 1.97. The zero-order chi connectivity index (χ0) is 11.4. The number of aromatic nitrogens is 2. The van der Waals surface area contributed by atoms with Gasteiger partial charge in [0.25, 0.3) is 5.89 Å². The Morgan fingerprint density at radius 3 is 3.19 bits per heavy atom. The van der Waals surface area contributed by atoms with Gasteiger partial charge in [0.1, 0.15) is 6.10 Å². The van der Waals surface area contributed by atoms with Crippen LogP contribution >= 0.6 is 0 Å². The van der Waals surface area contributed by atoms with Crippen LogP contribution in [-0.4, -0.2) is 30.3 Å². The first kappa shape index (κ1) is 11.5. The Morgan fingerprint density at radius 1 is 1.62 bits per heavy atom. The van der Waals surface area contributed by atoms with Crippen molar-refractivity contribution in [3.8, 4) is 0 Å². The molecule has 0 radical (unpaired) electrons. The molecule has 1 aliphatic heterocycles. The van der Waals surface area contributed by atoms with Crippen molar-refractivity contribution in [2.45, 2.75) is 32.3 Å². The Bertz CT molecular complexity index is 321. The van der Waals surface area contributed by atoms with Crippen molar-refractivity contribution >= 4 is 0 Å². The topological polar surface area (TPSA) is 60.2 Å². The minimum Gasteiger partial charge on any atom is -0.372 e. The maximum absolute atomic E-state index is 5.15. The molecule has 16 heavy (non-hydrogen) atoms. The summed E-state index contributed by atoms with van der Waals surface area (Å²) in [6.07, 6.45) is 3.26. The largest absolute Gasteiger partial charge is 0.372 e. The van der Waals surface area contributed by atoms with E-state index in [9.17, 15) is 0 Å². The lowest BCUT2D eigenvalue weighted by Crippen LogP contribution is -2.31. The maximum atomic E-state index is 5.15. The second-order valence-corrected chi connectivity index (χ2v) is 4.34. The van der Waals surface area contributed by atoms with Gasteiger partial charge >= 0.3 is 0 Å². The summed E-state index contributed by atoms with van der Waals surface area (Å²) in [5.41, 5.74) is 0. The molecular formula is C11H19N3O2. The molecule has 2 rings (SSSR count). The number of nitrogens with one attached hydrogen (secondary N) is 1. The number of rotatable bonds is 4. The summed E-state index contributed by atoms with van der Waals surface area (Å²) in [7, 11) is 1.64. The molecular weight excluding hydrogens is 206 g/mol. The predicted octanol–water partition coefficient (Wildman–Crippen LogP) is 1.32. The molecule has 0 amide bonds. The van der Waals surface area contributed by atoms with E-state index >= 15 is 0 Å². The number of ether oxygens (including phenoxy) is 1. The van der Waals surface area contributed by atoms with Crippen LogP contribution in [0.3, 0.4) is 0 Å². The lowest BCUT2D eigenvalue weighted by molar-refractivity contribution is 0.0886. The van der Waals surface area contributed by atoms with E-state index < -0.39 is 0 Å². The standard InChI is InChI=1S/C11H19N3O2/c1-8(15-2)11-13-10(14-16-11)6-9-4-3-5-12-7-9/h8-9,12H,3-7H2,1-2H3. The molecule has 1 aromatic heterocycles. The van der Waals surface area contributed by atoms with Crippen LogP contribution < -0.4 is 5.32 Å². The summed E-state index contributed by atoms with van der Waals surface area (Å²) in [4.78, 5) is 4.34. The summed E-state index contributed by atoms with van der Waals surface area (Å²) < 4.78 is 10.3. The lowest BCUT2D eigenvalue weighted by Gasteiger charge is -2.20. The van der Waals surface area contributed by atoms with Gasteiger partial charge in [0, 0.05) is 13.5 Å². The van der Waals surface area contributed by atoms with Gasteiger partial charge in [0.2, 0.25) is 0 Å². The fourth-order valence-electron chi connectivity index (χ4n) is 1.97. The molecule has 90 valence electrons. The third-order valence-corrected chi connectivity index (χ3v) is 3.06. The van der Waals surface area contributed by atoms with Crippen LogP contribution in [0.15, 0.2) is 4.52 Å². The second-order valence-electron chi connectivity index (χ2n) is 4.34. The first-order chi connectivity index (χ1) is 7.79. The van der Waals surface area contributed by atoms with Gasteiger partial charge in [0.05, 0.1) is 0 Å². The molecule has 2 atom stereocenters. The zero-order valence-corrected chi connectivity index (χ0v) is 9.90. The van der Waals surface area contributed by atoms with E-state index in [0.29, 0.717) is 11.8 Å². The first-order valence-corrected chi connectivity index (χ1v) is 5.85. The third-order valence-electron chi connectivity index (χ3n) is 3.06. The highest BCUT2D eigenvalue weighted by atomic mass is 16.5. The normalized spacial score (nSPS) is 23.2. The molecule has 0 saturated carbocycles. The number of hydrogen-bond donors (Lipinski definition) is 1. The van der Waals surface area contributed by atoms with Crippen molar-refractivity contribution in [1.82, 2.24) is 15.5 Å². The van der Waals surface area contributed by atoms with Gasteiger partial charge in [-0.2, -0.15) is 4.98 Å². The Hall–Kier alpha value is -0.940. The quantitative estimate of drug-likeness (QED) is 0.837. The van der Waals surface area contributed by atoms with E-state index in [1.54, 1.807) is 7.11 Å². The smallest absolute Gasteiger partial charge is 0.255 e. The van der Waals surface area contributed by atoms with Crippen LogP contribution in [0.1, 0.15) is 37.6 Å². The van der Waals surface area contributed by atoms with Crippen LogP contribution in [0.2, 0.25) is 0 Å². The number of piperidine rings is 1. The van der Waals surface area contributed by atoms with Gasteiger partial charge < -0.3 is 14.6 Å².